The second-order valence-corrected chi connectivity index (χ2v) is 7.54. The van der Waals surface area contributed by atoms with E-state index in [2.05, 4.69) is 9.97 Å². The molecule has 1 saturated heterocycles. The molecule has 150 valence electrons. The van der Waals surface area contributed by atoms with Crippen molar-refractivity contribution in [2.75, 3.05) is 12.3 Å². The van der Waals surface area contributed by atoms with E-state index in [1.807, 2.05) is 54.6 Å². The van der Waals surface area contributed by atoms with Crippen LogP contribution >= 0.6 is 0 Å². The molecule has 1 aliphatic heterocycles. The minimum absolute atomic E-state index is 0.00258. The maximum absolute atomic E-state index is 13.6. The molecule has 0 spiro atoms. The number of nitrogens with zero attached hydrogens (tertiary/aromatic N) is 3. The number of ether oxygens (including phenoxy) is 1. The van der Waals surface area contributed by atoms with Crippen LogP contribution in [0.4, 0.5) is 5.95 Å². The molecule has 5 rings (SSSR count). The maximum atomic E-state index is 13.6. The topological polar surface area (TPSA) is 83.0 Å². The number of anilines is 1. The van der Waals surface area contributed by atoms with Crippen LogP contribution in [0.2, 0.25) is 0 Å². The van der Waals surface area contributed by atoms with Crippen LogP contribution in [0.15, 0.2) is 71.8 Å². The fourth-order valence-corrected chi connectivity index (χ4v) is 4.09. The molecule has 1 aliphatic rings. The highest BCUT2D eigenvalue weighted by molar-refractivity contribution is 5.98. The number of nitrogens with two attached hydrogens (primary N) is 1. The fourth-order valence-electron chi connectivity index (χ4n) is 4.09. The lowest BCUT2D eigenvalue weighted by molar-refractivity contribution is 0.0966. The lowest BCUT2D eigenvalue weighted by Crippen LogP contribution is -2.29. The SMILES string of the molecule is Nc1nc2cc(-c3ccccc3)cc(-c3ccncc3)c2c(=O)n1CC1CCCO1. The number of rotatable bonds is 4. The molecular formula is C24H22N4O2. The van der Waals surface area contributed by atoms with Gasteiger partial charge in [0.15, 0.2) is 0 Å². The van der Waals surface area contributed by atoms with E-state index in [4.69, 9.17) is 10.5 Å². The third kappa shape index (κ3) is 3.35. The van der Waals surface area contributed by atoms with E-state index in [0.29, 0.717) is 17.4 Å². The van der Waals surface area contributed by atoms with Crippen LogP contribution in [0, 0.1) is 0 Å². The van der Waals surface area contributed by atoms with Crippen molar-refractivity contribution in [2.24, 2.45) is 0 Å². The van der Waals surface area contributed by atoms with Crippen LogP contribution < -0.4 is 11.3 Å². The zero-order valence-electron chi connectivity index (χ0n) is 16.5. The summed E-state index contributed by atoms with van der Waals surface area (Å²) in [4.78, 5) is 22.3. The van der Waals surface area contributed by atoms with Gasteiger partial charge in [-0.25, -0.2) is 4.98 Å². The van der Waals surface area contributed by atoms with Crippen LogP contribution in [0.1, 0.15) is 12.8 Å². The number of fused-ring (bicyclic) bond motifs is 1. The first-order chi connectivity index (χ1) is 14.7. The number of pyridine rings is 1. The average molecular weight is 398 g/mol. The average Bonchev–Trinajstić information content (AvgIpc) is 3.30. The Bertz CT molecular complexity index is 1250. The highest BCUT2D eigenvalue weighted by atomic mass is 16.5. The predicted molar refractivity (Wildman–Crippen MR) is 118 cm³/mol. The van der Waals surface area contributed by atoms with Crippen LogP contribution in [0.5, 0.6) is 0 Å². The Kier molecular flexibility index (Phi) is 4.77. The molecule has 2 aromatic carbocycles. The van der Waals surface area contributed by atoms with E-state index in [0.717, 1.165) is 41.7 Å². The molecule has 4 aromatic rings. The molecule has 6 heteroatoms. The van der Waals surface area contributed by atoms with E-state index >= 15 is 0 Å². The van der Waals surface area contributed by atoms with Crippen molar-refractivity contribution in [2.45, 2.75) is 25.5 Å². The molecule has 0 bridgehead atoms. The smallest absolute Gasteiger partial charge is 0.263 e. The van der Waals surface area contributed by atoms with E-state index in [-0.39, 0.29) is 17.6 Å². The summed E-state index contributed by atoms with van der Waals surface area (Å²) >= 11 is 0. The van der Waals surface area contributed by atoms with Gasteiger partial charge in [-0.3, -0.25) is 14.3 Å². The molecule has 1 atom stereocenters. The Morgan fingerprint density at radius 1 is 1.03 bits per heavy atom. The first-order valence-electron chi connectivity index (χ1n) is 10.1. The van der Waals surface area contributed by atoms with Crippen LogP contribution in [-0.2, 0) is 11.3 Å². The fraction of sp³-hybridized carbons (Fsp3) is 0.208. The molecule has 2 N–H and O–H groups in total. The lowest BCUT2D eigenvalue weighted by atomic mass is 9.96. The summed E-state index contributed by atoms with van der Waals surface area (Å²) in [5.74, 6) is 0.217. The van der Waals surface area contributed by atoms with Gasteiger partial charge < -0.3 is 10.5 Å². The van der Waals surface area contributed by atoms with Crippen molar-refractivity contribution >= 4 is 16.9 Å². The van der Waals surface area contributed by atoms with Crippen LogP contribution in [0.25, 0.3) is 33.2 Å². The van der Waals surface area contributed by atoms with Gasteiger partial charge >= 0.3 is 0 Å². The van der Waals surface area contributed by atoms with Gasteiger partial charge in [0.2, 0.25) is 5.95 Å². The lowest BCUT2D eigenvalue weighted by Gasteiger charge is -2.17. The first kappa shape index (κ1) is 18.5. The summed E-state index contributed by atoms with van der Waals surface area (Å²) in [6, 6.07) is 17.8. The van der Waals surface area contributed by atoms with Gasteiger partial charge in [-0.2, -0.15) is 0 Å². The van der Waals surface area contributed by atoms with Gasteiger partial charge in [-0.1, -0.05) is 30.3 Å². The largest absolute Gasteiger partial charge is 0.376 e. The zero-order valence-corrected chi connectivity index (χ0v) is 16.5. The van der Waals surface area contributed by atoms with E-state index in [1.165, 1.54) is 0 Å². The molecule has 0 radical (unpaired) electrons. The van der Waals surface area contributed by atoms with Crippen LogP contribution in [-0.4, -0.2) is 27.2 Å². The summed E-state index contributed by atoms with van der Waals surface area (Å²) < 4.78 is 7.27. The summed E-state index contributed by atoms with van der Waals surface area (Å²) in [5.41, 5.74) is 10.5. The van der Waals surface area contributed by atoms with Gasteiger partial charge in [-0.15, -0.1) is 0 Å². The molecule has 3 heterocycles. The third-order valence-corrected chi connectivity index (χ3v) is 5.60. The van der Waals surface area contributed by atoms with Crippen molar-refractivity contribution in [1.29, 1.82) is 0 Å². The quantitative estimate of drug-likeness (QED) is 0.564. The van der Waals surface area contributed by atoms with Gasteiger partial charge in [0, 0.05) is 19.0 Å². The predicted octanol–water partition coefficient (Wildman–Crippen LogP) is 3.89. The van der Waals surface area contributed by atoms with Gasteiger partial charge in [0.1, 0.15) is 0 Å². The second kappa shape index (κ2) is 7.72. The Hall–Kier alpha value is -3.51. The Morgan fingerprint density at radius 3 is 2.57 bits per heavy atom. The number of hydrogen-bond donors (Lipinski definition) is 1. The number of aromatic nitrogens is 3. The van der Waals surface area contributed by atoms with Crippen molar-refractivity contribution in [1.82, 2.24) is 14.5 Å². The summed E-state index contributed by atoms with van der Waals surface area (Å²) in [7, 11) is 0. The normalized spacial score (nSPS) is 16.2. The van der Waals surface area contributed by atoms with Gasteiger partial charge in [0.05, 0.1) is 23.6 Å². The Morgan fingerprint density at radius 2 is 1.83 bits per heavy atom. The van der Waals surface area contributed by atoms with E-state index in [1.54, 1.807) is 17.0 Å². The molecule has 6 nitrogen and oxygen atoms in total. The molecule has 0 aliphatic carbocycles. The number of hydrogen-bond acceptors (Lipinski definition) is 5. The highest BCUT2D eigenvalue weighted by Gasteiger charge is 2.21. The third-order valence-electron chi connectivity index (χ3n) is 5.60. The molecule has 30 heavy (non-hydrogen) atoms. The maximum Gasteiger partial charge on any atom is 0.263 e. The summed E-state index contributed by atoms with van der Waals surface area (Å²) in [6.07, 6.45) is 5.38. The standard InChI is InChI=1S/C24H22N4O2/c25-24-27-21-14-18(16-5-2-1-3-6-16)13-20(17-8-10-26-11-9-17)22(21)23(29)28(24)15-19-7-4-12-30-19/h1-3,5-6,8-11,13-14,19H,4,7,12,15H2,(H2,25,27). The molecule has 1 unspecified atom stereocenters. The number of benzene rings is 2. The monoisotopic (exact) mass is 398 g/mol. The van der Waals surface area contributed by atoms with E-state index < -0.39 is 0 Å². The zero-order chi connectivity index (χ0) is 20.5. The van der Waals surface area contributed by atoms with Crippen molar-refractivity contribution in [3.8, 4) is 22.3 Å². The minimum Gasteiger partial charge on any atom is -0.376 e. The van der Waals surface area contributed by atoms with Crippen molar-refractivity contribution in [3.63, 3.8) is 0 Å². The highest BCUT2D eigenvalue weighted by Crippen LogP contribution is 2.32. The van der Waals surface area contributed by atoms with Crippen LogP contribution in [0.3, 0.4) is 0 Å². The summed E-state index contributed by atoms with van der Waals surface area (Å²) in [6.45, 7) is 1.15. The van der Waals surface area contributed by atoms with Crippen molar-refractivity contribution < 1.29 is 4.74 Å². The molecule has 0 saturated carbocycles. The van der Waals surface area contributed by atoms with E-state index in [9.17, 15) is 4.79 Å². The number of nitrogen functional groups attached to an aromatic ring is 1. The van der Waals surface area contributed by atoms with Gasteiger partial charge in [-0.05, 0) is 59.4 Å². The first-order valence-corrected chi connectivity index (χ1v) is 10.1. The van der Waals surface area contributed by atoms with Gasteiger partial charge in [0.25, 0.3) is 5.56 Å². The second-order valence-electron chi connectivity index (χ2n) is 7.54. The molecule has 1 fully saturated rings. The molecule has 2 aromatic heterocycles. The minimum atomic E-state index is -0.139. The van der Waals surface area contributed by atoms with Crippen molar-refractivity contribution in [3.05, 3.63) is 77.3 Å². The molecular weight excluding hydrogens is 376 g/mol. The Balaban J connectivity index is 1.76. The summed E-state index contributed by atoms with van der Waals surface area (Å²) in [5, 5.41) is 0.563. The molecule has 0 amide bonds. The Labute approximate surface area is 174 Å².